The zero-order valence-electron chi connectivity index (χ0n) is 14.2. The molecule has 0 aliphatic carbocycles. The summed E-state index contributed by atoms with van der Waals surface area (Å²) < 4.78 is 15.2. The summed E-state index contributed by atoms with van der Waals surface area (Å²) in [4.78, 5) is 10.6. The third-order valence-corrected chi connectivity index (χ3v) is 5.10. The van der Waals surface area contributed by atoms with Gasteiger partial charge in [0, 0.05) is 18.7 Å². The molecule has 3 aromatic rings. The van der Waals surface area contributed by atoms with E-state index in [9.17, 15) is 9.65 Å². The molecule has 1 saturated heterocycles. The Bertz CT molecular complexity index is 1020. The number of nitrogens with zero attached hydrogens (tertiary/aromatic N) is 6. The van der Waals surface area contributed by atoms with Gasteiger partial charge in [0.1, 0.15) is 24.0 Å². The fourth-order valence-corrected chi connectivity index (χ4v) is 3.62. The molecule has 1 aliphatic rings. The van der Waals surface area contributed by atoms with Gasteiger partial charge >= 0.3 is 0 Å². The van der Waals surface area contributed by atoms with Crippen LogP contribution in [-0.2, 0) is 0 Å². The average molecular weight is 371 g/mol. The number of piperidine rings is 1. The first-order chi connectivity index (χ1) is 12.6. The molecule has 0 bridgehead atoms. The molecule has 0 N–H and O–H groups in total. The van der Waals surface area contributed by atoms with Gasteiger partial charge in [-0.25, -0.2) is 4.39 Å². The lowest BCUT2D eigenvalue weighted by Gasteiger charge is -2.33. The van der Waals surface area contributed by atoms with Gasteiger partial charge in [-0.3, -0.25) is 0 Å². The van der Waals surface area contributed by atoms with Crippen molar-refractivity contribution < 1.29 is 4.39 Å². The van der Waals surface area contributed by atoms with Gasteiger partial charge in [-0.15, -0.1) is 0 Å². The number of rotatable bonds is 2. The maximum atomic E-state index is 13.5. The number of hydrogen-bond acceptors (Lipinski definition) is 5. The van der Waals surface area contributed by atoms with Crippen molar-refractivity contribution >= 4 is 23.2 Å². The first kappa shape index (κ1) is 16.7. The molecular formula is C18H16ClFN6. The Morgan fingerprint density at radius 1 is 1.31 bits per heavy atom. The minimum absolute atomic E-state index is 0.202. The van der Waals surface area contributed by atoms with Crippen molar-refractivity contribution in [1.82, 2.24) is 19.6 Å². The number of aromatic nitrogens is 4. The standard InChI is InChI=1S/C18H16ClFN6/c1-11-4-6-25(7-5-11)17-16(13-3-2-12(20)8-14(13)19)15(9-21)24-18-22-10-23-26(17)18/h2-3,8,10-11H,4-7H2,1H3. The summed E-state index contributed by atoms with van der Waals surface area (Å²) in [6, 6.07) is 6.28. The Morgan fingerprint density at radius 2 is 2.08 bits per heavy atom. The van der Waals surface area contributed by atoms with E-state index in [4.69, 9.17) is 11.6 Å². The van der Waals surface area contributed by atoms with Gasteiger partial charge < -0.3 is 4.90 Å². The lowest BCUT2D eigenvalue weighted by atomic mass is 9.97. The largest absolute Gasteiger partial charge is 0.356 e. The van der Waals surface area contributed by atoms with Crippen molar-refractivity contribution in [3.8, 4) is 17.2 Å². The van der Waals surface area contributed by atoms with Crippen LogP contribution in [0.15, 0.2) is 24.5 Å². The van der Waals surface area contributed by atoms with Crippen LogP contribution in [0, 0.1) is 23.1 Å². The highest BCUT2D eigenvalue weighted by molar-refractivity contribution is 6.33. The monoisotopic (exact) mass is 370 g/mol. The third-order valence-electron chi connectivity index (χ3n) is 4.79. The third kappa shape index (κ3) is 2.76. The maximum Gasteiger partial charge on any atom is 0.255 e. The summed E-state index contributed by atoms with van der Waals surface area (Å²) in [7, 11) is 0. The SMILES string of the molecule is CC1CCN(c2c(-c3ccc(F)cc3Cl)c(C#N)nc3ncnn23)CC1. The first-order valence-corrected chi connectivity index (χ1v) is 8.80. The molecular weight excluding hydrogens is 355 g/mol. The molecule has 8 heteroatoms. The maximum absolute atomic E-state index is 13.5. The van der Waals surface area contributed by atoms with Crippen LogP contribution in [-0.4, -0.2) is 32.7 Å². The second-order valence-electron chi connectivity index (χ2n) is 6.54. The number of halogens is 2. The molecule has 0 saturated carbocycles. The molecule has 3 heterocycles. The zero-order valence-corrected chi connectivity index (χ0v) is 14.9. The fraction of sp³-hybridized carbons (Fsp3) is 0.333. The van der Waals surface area contributed by atoms with E-state index < -0.39 is 5.82 Å². The highest BCUT2D eigenvalue weighted by Gasteiger charge is 2.27. The van der Waals surface area contributed by atoms with Crippen LogP contribution in [0.3, 0.4) is 0 Å². The Balaban J connectivity index is 2.01. The summed E-state index contributed by atoms with van der Waals surface area (Å²) in [6.45, 7) is 3.89. The fourth-order valence-electron chi connectivity index (χ4n) is 3.36. The van der Waals surface area contributed by atoms with Gasteiger partial charge in [0.25, 0.3) is 5.78 Å². The number of benzene rings is 1. The Kier molecular flexibility index (Phi) is 4.21. The molecule has 0 spiro atoms. The van der Waals surface area contributed by atoms with E-state index in [0.29, 0.717) is 22.8 Å². The molecule has 1 aliphatic heterocycles. The number of fused-ring (bicyclic) bond motifs is 1. The second kappa shape index (κ2) is 6.54. The van der Waals surface area contributed by atoms with Crippen molar-refractivity contribution in [2.75, 3.05) is 18.0 Å². The highest BCUT2D eigenvalue weighted by atomic mass is 35.5. The van der Waals surface area contributed by atoms with Crippen molar-refractivity contribution in [3.63, 3.8) is 0 Å². The van der Waals surface area contributed by atoms with E-state index in [-0.39, 0.29) is 10.7 Å². The molecule has 26 heavy (non-hydrogen) atoms. The van der Waals surface area contributed by atoms with Crippen molar-refractivity contribution in [1.29, 1.82) is 5.26 Å². The van der Waals surface area contributed by atoms with Crippen LogP contribution in [0.25, 0.3) is 16.9 Å². The average Bonchev–Trinajstić information content (AvgIpc) is 3.09. The Hall–Kier alpha value is -2.72. The number of anilines is 1. The summed E-state index contributed by atoms with van der Waals surface area (Å²) >= 11 is 6.31. The second-order valence-corrected chi connectivity index (χ2v) is 6.94. The molecule has 1 aromatic carbocycles. The smallest absolute Gasteiger partial charge is 0.255 e. The number of hydrogen-bond donors (Lipinski definition) is 0. The predicted molar refractivity (Wildman–Crippen MR) is 96.5 cm³/mol. The lowest BCUT2D eigenvalue weighted by Crippen LogP contribution is -2.35. The summed E-state index contributed by atoms with van der Waals surface area (Å²) in [6.07, 6.45) is 3.49. The van der Waals surface area contributed by atoms with Crippen LogP contribution in [0.1, 0.15) is 25.5 Å². The quantitative estimate of drug-likeness (QED) is 0.688. The molecule has 0 atom stereocenters. The lowest BCUT2D eigenvalue weighted by molar-refractivity contribution is 0.435. The van der Waals surface area contributed by atoms with Crippen molar-refractivity contribution in [2.24, 2.45) is 5.92 Å². The topological polar surface area (TPSA) is 70.1 Å². The normalized spacial score (nSPS) is 15.4. The summed E-state index contributed by atoms with van der Waals surface area (Å²) in [5.41, 5.74) is 1.32. The predicted octanol–water partition coefficient (Wildman–Crippen LogP) is 3.69. The van der Waals surface area contributed by atoms with Crippen LogP contribution in [0.4, 0.5) is 10.2 Å². The molecule has 4 rings (SSSR count). The molecule has 0 amide bonds. The molecule has 6 nitrogen and oxygen atoms in total. The van der Waals surface area contributed by atoms with Gasteiger partial charge in [-0.1, -0.05) is 18.5 Å². The zero-order chi connectivity index (χ0) is 18.3. The van der Waals surface area contributed by atoms with Gasteiger partial charge in [-0.05, 0) is 37.0 Å². The van der Waals surface area contributed by atoms with Gasteiger partial charge in [0.05, 0.1) is 10.6 Å². The number of nitriles is 1. The van der Waals surface area contributed by atoms with Gasteiger partial charge in [0.2, 0.25) is 0 Å². The van der Waals surface area contributed by atoms with Crippen LogP contribution < -0.4 is 4.90 Å². The van der Waals surface area contributed by atoms with Crippen LogP contribution in [0.5, 0.6) is 0 Å². The van der Waals surface area contributed by atoms with Crippen molar-refractivity contribution in [3.05, 3.63) is 41.1 Å². The summed E-state index contributed by atoms with van der Waals surface area (Å²) in [5.74, 6) is 1.30. The van der Waals surface area contributed by atoms with Crippen LogP contribution >= 0.6 is 11.6 Å². The van der Waals surface area contributed by atoms with E-state index in [1.807, 2.05) is 0 Å². The minimum atomic E-state index is -0.430. The molecule has 1 fully saturated rings. The van der Waals surface area contributed by atoms with Gasteiger partial charge in [0.15, 0.2) is 5.69 Å². The molecule has 0 radical (unpaired) electrons. The Labute approximate surface area is 154 Å². The minimum Gasteiger partial charge on any atom is -0.356 e. The molecule has 2 aromatic heterocycles. The van der Waals surface area contributed by atoms with E-state index in [2.05, 4.69) is 33.0 Å². The van der Waals surface area contributed by atoms with Crippen molar-refractivity contribution in [2.45, 2.75) is 19.8 Å². The van der Waals surface area contributed by atoms with Crippen LogP contribution in [0.2, 0.25) is 5.02 Å². The molecule has 0 unspecified atom stereocenters. The van der Waals surface area contributed by atoms with E-state index in [1.54, 1.807) is 10.6 Å². The highest BCUT2D eigenvalue weighted by Crippen LogP contribution is 2.38. The van der Waals surface area contributed by atoms with E-state index in [1.165, 1.54) is 18.5 Å². The first-order valence-electron chi connectivity index (χ1n) is 8.42. The van der Waals surface area contributed by atoms with Gasteiger partial charge in [-0.2, -0.15) is 24.8 Å². The van der Waals surface area contributed by atoms with E-state index in [0.717, 1.165) is 31.7 Å². The van der Waals surface area contributed by atoms with E-state index >= 15 is 0 Å². The summed E-state index contributed by atoms with van der Waals surface area (Å²) in [5, 5.41) is 14.2. The molecule has 132 valence electrons. The Morgan fingerprint density at radius 3 is 2.77 bits per heavy atom.